The number of amides is 1. The summed E-state index contributed by atoms with van der Waals surface area (Å²) in [5.74, 6) is 0.285. The Labute approximate surface area is 146 Å². The molecule has 0 N–H and O–H groups in total. The molecule has 0 saturated carbocycles. The number of benzene rings is 1. The van der Waals surface area contributed by atoms with Gasteiger partial charge in [0.2, 0.25) is 5.91 Å². The van der Waals surface area contributed by atoms with Gasteiger partial charge in [-0.2, -0.15) is 0 Å². The molecule has 0 aliphatic carbocycles. The van der Waals surface area contributed by atoms with Gasteiger partial charge >= 0.3 is 0 Å². The van der Waals surface area contributed by atoms with E-state index in [1.807, 2.05) is 18.2 Å². The molecule has 1 saturated heterocycles. The van der Waals surface area contributed by atoms with Crippen molar-refractivity contribution in [3.05, 3.63) is 35.9 Å². The van der Waals surface area contributed by atoms with E-state index in [-0.39, 0.29) is 11.9 Å². The molecule has 4 nitrogen and oxygen atoms in total. The number of carbonyl (C=O) groups is 1. The van der Waals surface area contributed by atoms with Gasteiger partial charge in [-0.3, -0.25) is 9.69 Å². The second kappa shape index (κ2) is 10.5. The molecule has 0 spiro atoms. The van der Waals surface area contributed by atoms with Crippen molar-refractivity contribution in [1.82, 2.24) is 9.80 Å². The molecule has 1 heterocycles. The summed E-state index contributed by atoms with van der Waals surface area (Å²) in [7, 11) is 0. The van der Waals surface area contributed by atoms with Crippen LogP contribution in [0.4, 0.5) is 0 Å². The maximum atomic E-state index is 12.8. The number of rotatable bonds is 9. The molecule has 1 unspecified atom stereocenters. The summed E-state index contributed by atoms with van der Waals surface area (Å²) in [6, 6.07) is 10.5. The van der Waals surface area contributed by atoms with Crippen LogP contribution in [0.15, 0.2) is 30.3 Å². The zero-order valence-electron chi connectivity index (χ0n) is 15.2. The van der Waals surface area contributed by atoms with Crippen molar-refractivity contribution in [2.45, 2.75) is 52.1 Å². The maximum Gasteiger partial charge on any atom is 0.223 e. The molecule has 1 aliphatic heterocycles. The molecule has 2 rings (SSSR count). The van der Waals surface area contributed by atoms with Gasteiger partial charge in [0.1, 0.15) is 0 Å². The van der Waals surface area contributed by atoms with Gasteiger partial charge in [0.15, 0.2) is 0 Å². The van der Waals surface area contributed by atoms with Crippen molar-refractivity contribution in [3.63, 3.8) is 0 Å². The number of hydrogen-bond donors (Lipinski definition) is 0. The number of carbonyl (C=O) groups excluding carboxylic acids is 1. The number of morpholine rings is 1. The predicted molar refractivity (Wildman–Crippen MR) is 97.9 cm³/mol. The monoisotopic (exact) mass is 332 g/mol. The number of hydrogen-bond acceptors (Lipinski definition) is 3. The summed E-state index contributed by atoms with van der Waals surface area (Å²) >= 11 is 0. The molecular weight excluding hydrogens is 300 g/mol. The van der Waals surface area contributed by atoms with E-state index in [2.05, 4.69) is 35.8 Å². The van der Waals surface area contributed by atoms with E-state index in [0.29, 0.717) is 13.0 Å². The quantitative estimate of drug-likeness (QED) is 0.650. The highest BCUT2D eigenvalue weighted by molar-refractivity contribution is 5.76. The minimum atomic E-state index is 0.220. The molecule has 1 aromatic carbocycles. The Balaban J connectivity index is 1.98. The normalized spacial score (nSPS) is 16.8. The SMILES string of the molecule is CCCCCC(=O)N(Cc1ccccc1)C(C)CN1CCOCC1. The molecule has 4 heteroatoms. The van der Waals surface area contributed by atoms with E-state index in [1.165, 1.54) is 5.56 Å². The topological polar surface area (TPSA) is 32.8 Å². The van der Waals surface area contributed by atoms with E-state index < -0.39 is 0 Å². The highest BCUT2D eigenvalue weighted by Gasteiger charge is 2.23. The first-order valence-electron chi connectivity index (χ1n) is 9.34. The molecule has 1 aromatic rings. The van der Waals surface area contributed by atoms with E-state index in [4.69, 9.17) is 4.74 Å². The van der Waals surface area contributed by atoms with Crippen LogP contribution in [0, 0.1) is 0 Å². The summed E-state index contributed by atoms with van der Waals surface area (Å²) in [4.78, 5) is 17.3. The minimum Gasteiger partial charge on any atom is -0.379 e. The molecule has 1 fully saturated rings. The molecule has 134 valence electrons. The van der Waals surface area contributed by atoms with Crippen molar-refractivity contribution in [3.8, 4) is 0 Å². The lowest BCUT2D eigenvalue weighted by Gasteiger charge is -2.35. The van der Waals surface area contributed by atoms with Crippen molar-refractivity contribution in [2.75, 3.05) is 32.8 Å². The van der Waals surface area contributed by atoms with E-state index in [1.54, 1.807) is 0 Å². The Bertz CT molecular complexity index is 472. The third kappa shape index (κ3) is 6.25. The second-order valence-corrected chi connectivity index (χ2v) is 6.73. The molecule has 1 aliphatic rings. The molecule has 1 amide bonds. The Morgan fingerprint density at radius 3 is 2.58 bits per heavy atom. The summed E-state index contributed by atoms with van der Waals surface area (Å²) in [6.07, 6.45) is 3.93. The fourth-order valence-electron chi connectivity index (χ4n) is 3.20. The maximum absolute atomic E-state index is 12.8. The summed E-state index contributed by atoms with van der Waals surface area (Å²) in [6.45, 7) is 9.52. The van der Waals surface area contributed by atoms with Crippen LogP contribution >= 0.6 is 0 Å². The Kier molecular flexibility index (Phi) is 8.26. The van der Waals surface area contributed by atoms with Crippen LogP contribution in [-0.4, -0.2) is 54.6 Å². The van der Waals surface area contributed by atoms with Crippen molar-refractivity contribution in [1.29, 1.82) is 0 Å². The molecule has 0 aromatic heterocycles. The van der Waals surface area contributed by atoms with Crippen LogP contribution in [0.1, 0.15) is 45.1 Å². The average molecular weight is 332 g/mol. The lowest BCUT2D eigenvalue weighted by Crippen LogP contribution is -2.47. The first-order chi connectivity index (χ1) is 11.7. The van der Waals surface area contributed by atoms with Crippen LogP contribution in [0.25, 0.3) is 0 Å². The summed E-state index contributed by atoms with van der Waals surface area (Å²) < 4.78 is 5.43. The smallest absolute Gasteiger partial charge is 0.223 e. The van der Waals surface area contributed by atoms with Crippen molar-refractivity contribution in [2.24, 2.45) is 0 Å². The van der Waals surface area contributed by atoms with Crippen molar-refractivity contribution >= 4 is 5.91 Å². The van der Waals surface area contributed by atoms with Gasteiger partial charge in [0.25, 0.3) is 0 Å². The van der Waals surface area contributed by atoms with Gasteiger partial charge in [-0.15, -0.1) is 0 Å². The van der Waals surface area contributed by atoms with E-state index in [9.17, 15) is 4.79 Å². The number of unbranched alkanes of at least 4 members (excludes halogenated alkanes) is 2. The van der Waals surface area contributed by atoms with Gasteiger partial charge in [-0.1, -0.05) is 50.1 Å². The largest absolute Gasteiger partial charge is 0.379 e. The van der Waals surface area contributed by atoms with Crippen LogP contribution in [0.3, 0.4) is 0 Å². The standard InChI is InChI=1S/C20H32N2O2/c1-3-4-6-11-20(23)22(17-19-9-7-5-8-10-19)18(2)16-21-12-14-24-15-13-21/h5,7-10,18H,3-4,6,11-17H2,1-2H3. The van der Waals surface area contributed by atoms with Crippen LogP contribution in [0.5, 0.6) is 0 Å². The zero-order chi connectivity index (χ0) is 17.2. The van der Waals surface area contributed by atoms with Crippen LogP contribution < -0.4 is 0 Å². The Hall–Kier alpha value is -1.39. The third-order valence-corrected chi connectivity index (χ3v) is 4.67. The van der Waals surface area contributed by atoms with Gasteiger partial charge in [0.05, 0.1) is 13.2 Å². The zero-order valence-corrected chi connectivity index (χ0v) is 15.2. The third-order valence-electron chi connectivity index (χ3n) is 4.67. The molecule has 1 atom stereocenters. The van der Waals surface area contributed by atoms with Gasteiger partial charge < -0.3 is 9.64 Å². The van der Waals surface area contributed by atoms with Crippen LogP contribution in [-0.2, 0) is 16.1 Å². The highest BCUT2D eigenvalue weighted by Crippen LogP contribution is 2.14. The minimum absolute atomic E-state index is 0.220. The predicted octanol–water partition coefficient (Wildman–Crippen LogP) is 3.32. The number of ether oxygens (including phenoxy) is 1. The van der Waals surface area contributed by atoms with Crippen LogP contribution in [0.2, 0.25) is 0 Å². The van der Waals surface area contributed by atoms with Crippen molar-refractivity contribution < 1.29 is 9.53 Å². The lowest BCUT2D eigenvalue weighted by molar-refractivity contribution is -0.134. The first-order valence-corrected chi connectivity index (χ1v) is 9.34. The molecule has 24 heavy (non-hydrogen) atoms. The van der Waals surface area contributed by atoms with E-state index in [0.717, 1.165) is 52.1 Å². The van der Waals surface area contributed by atoms with Gasteiger partial charge in [-0.05, 0) is 18.9 Å². The summed E-state index contributed by atoms with van der Waals surface area (Å²) in [5, 5.41) is 0. The Morgan fingerprint density at radius 1 is 1.21 bits per heavy atom. The average Bonchev–Trinajstić information content (AvgIpc) is 2.61. The van der Waals surface area contributed by atoms with E-state index >= 15 is 0 Å². The van der Waals surface area contributed by atoms with Gasteiger partial charge in [0, 0.05) is 38.6 Å². The number of nitrogens with zero attached hydrogens (tertiary/aromatic N) is 2. The molecular formula is C20H32N2O2. The second-order valence-electron chi connectivity index (χ2n) is 6.73. The Morgan fingerprint density at radius 2 is 1.92 bits per heavy atom. The summed E-state index contributed by atoms with van der Waals surface area (Å²) in [5.41, 5.74) is 1.20. The fraction of sp³-hybridized carbons (Fsp3) is 0.650. The van der Waals surface area contributed by atoms with Gasteiger partial charge in [-0.25, -0.2) is 0 Å². The lowest BCUT2D eigenvalue weighted by atomic mass is 10.1. The highest BCUT2D eigenvalue weighted by atomic mass is 16.5. The molecule has 0 radical (unpaired) electrons. The fourth-order valence-corrected chi connectivity index (χ4v) is 3.20. The molecule has 0 bridgehead atoms. The first kappa shape index (κ1) is 18.9.